The molecule has 0 heterocycles. The van der Waals surface area contributed by atoms with Crippen molar-refractivity contribution in [2.24, 2.45) is 0 Å². The zero-order valence-electron chi connectivity index (χ0n) is 10.6. The van der Waals surface area contributed by atoms with Crippen molar-refractivity contribution >= 4 is 28.9 Å². The number of anilines is 1. The lowest BCUT2D eigenvalue weighted by Gasteiger charge is -2.10. The lowest BCUT2D eigenvalue weighted by atomic mass is 10.2. The molecule has 2 aromatic carbocycles. The maximum atomic E-state index is 6.12. The Balaban J connectivity index is 2.05. The zero-order valence-corrected chi connectivity index (χ0v) is 12.1. The molecule has 0 radical (unpaired) electrons. The van der Waals surface area contributed by atoms with E-state index in [1.54, 1.807) is 12.1 Å². The quantitative estimate of drug-likeness (QED) is 0.838. The lowest BCUT2D eigenvalue weighted by Crippen LogP contribution is -2.00. The molecule has 0 bridgehead atoms. The summed E-state index contributed by atoms with van der Waals surface area (Å²) in [5.41, 5.74) is 1.96. The van der Waals surface area contributed by atoms with Crippen molar-refractivity contribution in [2.75, 3.05) is 11.9 Å². The van der Waals surface area contributed by atoms with Gasteiger partial charge in [0, 0.05) is 28.3 Å². The smallest absolute Gasteiger partial charge is 0.121 e. The van der Waals surface area contributed by atoms with Gasteiger partial charge in [-0.3, -0.25) is 0 Å². The van der Waals surface area contributed by atoms with Gasteiger partial charge in [0.25, 0.3) is 0 Å². The summed E-state index contributed by atoms with van der Waals surface area (Å²) in [5, 5.41) is 4.70. The minimum Gasteiger partial charge on any atom is -0.494 e. The average Bonchev–Trinajstić information content (AvgIpc) is 2.41. The van der Waals surface area contributed by atoms with E-state index in [9.17, 15) is 0 Å². The predicted octanol–water partition coefficient (Wildman–Crippen LogP) is 5.00. The summed E-state index contributed by atoms with van der Waals surface area (Å²) in [4.78, 5) is 0. The summed E-state index contributed by atoms with van der Waals surface area (Å²) in [5.74, 6) is 0.852. The van der Waals surface area contributed by atoms with E-state index in [1.807, 2.05) is 37.3 Å². The Morgan fingerprint density at radius 3 is 2.74 bits per heavy atom. The van der Waals surface area contributed by atoms with E-state index in [0.29, 0.717) is 23.2 Å². The fraction of sp³-hybridized carbons (Fsp3) is 0.200. The van der Waals surface area contributed by atoms with Crippen LogP contribution < -0.4 is 10.1 Å². The summed E-state index contributed by atoms with van der Waals surface area (Å²) in [7, 11) is 0. The number of hydrogen-bond acceptors (Lipinski definition) is 2. The summed E-state index contributed by atoms with van der Waals surface area (Å²) >= 11 is 12.1. The number of nitrogens with one attached hydrogen (secondary N) is 1. The first-order chi connectivity index (χ1) is 9.19. The van der Waals surface area contributed by atoms with Crippen LogP contribution in [0.4, 0.5) is 5.69 Å². The normalized spacial score (nSPS) is 10.3. The molecule has 4 heteroatoms. The first-order valence-electron chi connectivity index (χ1n) is 6.09. The van der Waals surface area contributed by atoms with Crippen molar-refractivity contribution in [1.29, 1.82) is 0 Å². The summed E-state index contributed by atoms with van der Waals surface area (Å²) in [6.07, 6.45) is 0. The van der Waals surface area contributed by atoms with E-state index in [-0.39, 0.29) is 0 Å². The van der Waals surface area contributed by atoms with Crippen LogP contribution in [0.2, 0.25) is 10.0 Å². The third kappa shape index (κ3) is 4.05. The van der Waals surface area contributed by atoms with Crippen molar-refractivity contribution in [3.63, 3.8) is 0 Å². The molecule has 0 aromatic heterocycles. The molecule has 2 aromatic rings. The SMILES string of the molecule is CCOc1cccc(NCc2cc(Cl)ccc2Cl)c1. The van der Waals surface area contributed by atoms with Crippen molar-refractivity contribution in [3.8, 4) is 5.75 Å². The van der Waals surface area contributed by atoms with E-state index in [0.717, 1.165) is 17.0 Å². The standard InChI is InChI=1S/C15H15Cl2NO/c1-2-19-14-5-3-4-13(9-14)18-10-11-8-12(16)6-7-15(11)17/h3-9,18H,2,10H2,1H3. The Hall–Kier alpha value is -1.38. The molecular weight excluding hydrogens is 281 g/mol. The van der Waals surface area contributed by atoms with E-state index in [1.165, 1.54) is 0 Å². The van der Waals surface area contributed by atoms with Gasteiger partial charge in [-0.2, -0.15) is 0 Å². The molecule has 2 rings (SSSR count). The van der Waals surface area contributed by atoms with E-state index < -0.39 is 0 Å². The predicted molar refractivity (Wildman–Crippen MR) is 81.4 cm³/mol. The number of rotatable bonds is 5. The van der Waals surface area contributed by atoms with Crippen LogP contribution in [0.1, 0.15) is 12.5 Å². The Labute approximate surface area is 123 Å². The first-order valence-corrected chi connectivity index (χ1v) is 6.85. The molecular formula is C15H15Cl2NO. The largest absolute Gasteiger partial charge is 0.494 e. The van der Waals surface area contributed by atoms with Gasteiger partial charge in [0.1, 0.15) is 5.75 Å². The molecule has 19 heavy (non-hydrogen) atoms. The molecule has 0 spiro atoms. The van der Waals surface area contributed by atoms with Crippen molar-refractivity contribution < 1.29 is 4.74 Å². The van der Waals surface area contributed by atoms with Gasteiger partial charge in [0.2, 0.25) is 0 Å². The van der Waals surface area contributed by atoms with Crippen molar-refractivity contribution in [3.05, 3.63) is 58.1 Å². The molecule has 0 aliphatic heterocycles. The minimum atomic E-state index is 0.620. The second-order valence-corrected chi connectivity index (χ2v) is 4.89. The van der Waals surface area contributed by atoms with Gasteiger partial charge in [0.15, 0.2) is 0 Å². The second kappa shape index (κ2) is 6.69. The molecule has 0 amide bonds. The van der Waals surface area contributed by atoms with Crippen LogP contribution in [0.15, 0.2) is 42.5 Å². The van der Waals surface area contributed by atoms with Crippen LogP contribution in [-0.4, -0.2) is 6.61 Å². The van der Waals surface area contributed by atoms with Crippen LogP contribution in [0, 0.1) is 0 Å². The number of halogens is 2. The third-order valence-electron chi connectivity index (χ3n) is 2.64. The summed E-state index contributed by atoms with van der Waals surface area (Å²) < 4.78 is 5.45. The van der Waals surface area contributed by atoms with E-state index in [2.05, 4.69) is 5.32 Å². The minimum absolute atomic E-state index is 0.620. The van der Waals surface area contributed by atoms with Gasteiger partial charge in [-0.15, -0.1) is 0 Å². The van der Waals surface area contributed by atoms with E-state index in [4.69, 9.17) is 27.9 Å². The van der Waals surface area contributed by atoms with Crippen LogP contribution in [-0.2, 0) is 6.54 Å². The van der Waals surface area contributed by atoms with Crippen molar-refractivity contribution in [1.82, 2.24) is 0 Å². The molecule has 1 N–H and O–H groups in total. The maximum Gasteiger partial charge on any atom is 0.121 e. The van der Waals surface area contributed by atoms with Crippen LogP contribution >= 0.6 is 23.2 Å². The van der Waals surface area contributed by atoms with Crippen LogP contribution in [0.3, 0.4) is 0 Å². The molecule has 0 saturated carbocycles. The average molecular weight is 296 g/mol. The lowest BCUT2D eigenvalue weighted by molar-refractivity contribution is 0.340. The molecule has 0 fully saturated rings. The first kappa shape index (κ1) is 14.0. The Kier molecular flexibility index (Phi) is 4.94. The van der Waals surface area contributed by atoms with Gasteiger partial charge < -0.3 is 10.1 Å². The van der Waals surface area contributed by atoms with Crippen LogP contribution in [0.5, 0.6) is 5.75 Å². The fourth-order valence-corrected chi connectivity index (χ4v) is 2.12. The molecule has 0 aliphatic rings. The highest BCUT2D eigenvalue weighted by molar-refractivity contribution is 6.33. The Morgan fingerprint density at radius 1 is 1.11 bits per heavy atom. The van der Waals surface area contributed by atoms with Gasteiger partial charge in [-0.25, -0.2) is 0 Å². The highest BCUT2D eigenvalue weighted by Gasteiger charge is 2.02. The van der Waals surface area contributed by atoms with Gasteiger partial charge in [-0.1, -0.05) is 29.3 Å². The summed E-state index contributed by atoms with van der Waals surface area (Å²) in [6.45, 7) is 3.24. The third-order valence-corrected chi connectivity index (χ3v) is 3.24. The van der Waals surface area contributed by atoms with Crippen LogP contribution in [0.25, 0.3) is 0 Å². The van der Waals surface area contributed by atoms with Gasteiger partial charge >= 0.3 is 0 Å². The molecule has 2 nitrogen and oxygen atoms in total. The number of ether oxygens (including phenoxy) is 1. The molecule has 0 saturated heterocycles. The molecule has 0 atom stereocenters. The highest BCUT2D eigenvalue weighted by atomic mass is 35.5. The monoisotopic (exact) mass is 295 g/mol. The molecule has 100 valence electrons. The number of hydrogen-bond donors (Lipinski definition) is 1. The summed E-state index contributed by atoms with van der Waals surface area (Å²) in [6, 6.07) is 13.3. The molecule has 0 aliphatic carbocycles. The van der Waals surface area contributed by atoms with E-state index >= 15 is 0 Å². The van der Waals surface area contributed by atoms with Gasteiger partial charge in [0.05, 0.1) is 6.61 Å². The fourth-order valence-electron chi connectivity index (χ4n) is 1.74. The Bertz CT molecular complexity index is 558. The number of benzene rings is 2. The Morgan fingerprint density at radius 2 is 1.95 bits per heavy atom. The molecule has 0 unspecified atom stereocenters. The second-order valence-electron chi connectivity index (χ2n) is 4.05. The maximum absolute atomic E-state index is 6.12. The zero-order chi connectivity index (χ0) is 13.7. The topological polar surface area (TPSA) is 21.3 Å². The highest BCUT2D eigenvalue weighted by Crippen LogP contribution is 2.23. The van der Waals surface area contributed by atoms with Gasteiger partial charge in [-0.05, 0) is 42.8 Å². The van der Waals surface area contributed by atoms with Crippen molar-refractivity contribution in [2.45, 2.75) is 13.5 Å².